The van der Waals surface area contributed by atoms with Crippen LogP contribution >= 0.6 is 11.3 Å². The first-order valence-corrected chi connectivity index (χ1v) is 12.0. The Kier molecular flexibility index (Phi) is 5.12. The fourth-order valence-corrected chi connectivity index (χ4v) is 6.21. The maximum absolute atomic E-state index is 13.2. The van der Waals surface area contributed by atoms with Gasteiger partial charge in [-0.15, -0.1) is 11.3 Å². The maximum atomic E-state index is 13.2. The summed E-state index contributed by atoms with van der Waals surface area (Å²) in [7, 11) is 0. The van der Waals surface area contributed by atoms with Crippen molar-refractivity contribution in [2.75, 3.05) is 44.2 Å². The predicted octanol–water partition coefficient (Wildman–Crippen LogP) is 2.61. The number of carbonyl (C=O) groups is 1. The number of fused-ring (bicyclic) bond motifs is 1. The van der Waals surface area contributed by atoms with Crippen LogP contribution in [0.15, 0.2) is 29.6 Å². The van der Waals surface area contributed by atoms with Crippen LogP contribution < -0.4 is 9.80 Å². The van der Waals surface area contributed by atoms with E-state index >= 15 is 0 Å². The van der Waals surface area contributed by atoms with Crippen molar-refractivity contribution in [2.45, 2.75) is 39.2 Å². The summed E-state index contributed by atoms with van der Waals surface area (Å²) in [5, 5.41) is 2.25. The van der Waals surface area contributed by atoms with Gasteiger partial charge in [-0.05, 0) is 55.3 Å². The molecule has 1 aliphatic carbocycles. The molecule has 3 aliphatic rings. The number of nitrogens with zero attached hydrogens (tertiary/aromatic N) is 2. The Morgan fingerprint density at radius 2 is 1.93 bits per heavy atom. The zero-order valence-corrected chi connectivity index (χ0v) is 18.4. The van der Waals surface area contributed by atoms with Crippen LogP contribution in [0.1, 0.15) is 40.5 Å². The van der Waals surface area contributed by atoms with Crippen LogP contribution in [0.25, 0.3) is 0 Å². The van der Waals surface area contributed by atoms with Crippen molar-refractivity contribution in [1.82, 2.24) is 4.90 Å². The van der Waals surface area contributed by atoms with Gasteiger partial charge >= 0.3 is 0 Å². The standard InChI is InChI=1S/C24H31N3OS/c1-17-4-3-5-21(18(17)2)25-11-13-26(14-12-25)23(28)16-27-10-8-22-20(9-15-29-22)24(27)19-6-7-19/h3-5,9,15,19,24H,6-8,10-14,16H2,1-2H3/p+1/t24-/m1/s1. The average molecular weight is 411 g/mol. The number of benzene rings is 1. The number of hydrogen-bond donors (Lipinski definition) is 1. The van der Waals surface area contributed by atoms with Gasteiger partial charge in [0.1, 0.15) is 6.04 Å². The van der Waals surface area contributed by atoms with Gasteiger partial charge in [0.25, 0.3) is 5.91 Å². The molecular formula is C24H32N3OS+. The predicted molar refractivity (Wildman–Crippen MR) is 119 cm³/mol. The number of piperazine rings is 1. The van der Waals surface area contributed by atoms with Crippen LogP contribution in [-0.2, 0) is 11.2 Å². The van der Waals surface area contributed by atoms with Gasteiger partial charge in [0, 0.05) is 54.6 Å². The Morgan fingerprint density at radius 3 is 2.69 bits per heavy atom. The lowest BCUT2D eigenvalue weighted by Gasteiger charge is -2.38. The lowest BCUT2D eigenvalue weighted by atomic mass is 9.96. The molecular weight excluding hydrogens is 378 g/mol. The summed E-state index contributed by atoms with van der Waals surface area (Å²) in [6.45, 7) is 9.73. The Balaban J connectivity index is 1.22. The number of thiophene rings is 1. The Hall–Kier alpha value is -1.85. The van der Waals surface area contributed by atoms with Crippen LogP contribution in [0.4, 0.5) is 5.69 Å². The van der Waals surface area contributed by atoms with Crippen LogP contribution in [0, 0.1) is 19.8 Å². The largest absolute Gasteiger partial charge is 0.368 e. The van der Waals surface area contributed by atoms with E-state index in [0.717, 1.165) is 45.1 Å². The minimum Gasteiger partial charge on any atom is -0.368 e. The normalized spacial score (nSPS) is 24.5. The molecule has 2 aromatic rings. The molecule has 2 fully saturated rings. The first-order valence-electron chi connectivity index (χ1n) is 11.1. The Morgan fingerprint density at radius 1 is 1.14 bits per heavy atom. The van der Waals surface area contributed by atoms with Crippen molar-refractivity contribution in [1.29, 1.82) is 0 Å². The highest BCUT2D eigenvalue weighted by atomic mass is 32.1. The summed E-state index contributed by atoms with van der Waals surface area (Å²) in [6, 6.07) is 9.43. The molecule has 1 unspecified atom stereocenters. The van der Waals surface area contributed by atoms with Crippen molar-refractivity contribution in [3.63, 3.8) is 0 Å². The number of rotatable bonds is 4. The summed E-state index contributed by atoms with van der Waals surface area (Å²) in [5.41, 5.74) is 5.58. The fraction of sp³-hybridized carbons (Fsp3) is 0.542. The van der Waals surface area contributed by atoms with Crippen molar-refractivity contribution in [2.24, 2.45) is 5.92 Å². The van der Waals surface area contributed by atoms with Crippen molar-refractivity contribution in [3.05, 3.63) is 51.2 Å². The first-order chi connectivity index (χ1) is 14.1. The van der Waals surface area contributed by atoms with Crippen molar-refractivity contribution >= 4 is 22.9 Å². The molecule has 0 radical (unpaired) electrons. The monoisotopic (exact) mass is 410 g/mol. The molecule has 0 spiro atoms. The van der Waals surface area contributed by atoms with E-state index in [1.165, 1.54) is 34.6 Å². The highest BCUT2D eigenvalue weighted by molar-refractivity contribution is 7.10. The van der Waals surface area contributed by atoms with E-state index in [1.807, 2.05) is 11.3 Å². The first kappa shape index (κ1) is 19.1. The number of anilines is 1. The molecule has 2 atom stereocenters. The van der Waals surface area contributed by atoms with E-state index in [1.54, 1.807) is 10.4 Å². The van der Waals surface area contributed by atoms with E-state index in [9.17, 15) is 4.79 Å². The van der Waals surface area contributed by atoms with Crippen LogP contribution in [0.5, 0.6) is 0 Å². The van der Waals surface area contributed by atoms with Crippen LogP contribution in [-0.4, -0.2) is 50.1 Å². The third kappa shape index (κ3) is 3.71. The van der Waals surface area contributed by atoms with Gasteiger partial charge in [0.05, 0.1) is 6.54 Å². The number of carbonyl (C=O) groups excluding carboxylic acids is 1. The third-order valence-electron chi connectivity index (χ3n) is 7.25. The molecule has 29 heavy (non-hydrogen) atoms. The SMILES string of the molecule is Cc1cccc(N2CCN(C(=O)C[NH+]3CCc4sccc4[C@H]3C3CC3)CC2)c1C. The third-order valence-corrected chi connectivity index (χ3v) is 8.25. The van der Waals surface area contributed by atoms with E-state index in [4.69, 9.17) is 0 Å². The molecule has 1 saturated heterocycles. The van der Waals surface area contributed by atoms with Crippen molar-refractivity contribution in [3.8, 4) is 0 Å². The molecule has 4 nitrogen and oxygen atoms in total. The van der Waals surface area contributed by atoms with E-state index in [-0.39, 0.29) is 0 Å². The number of hydrogen-bond acceptors (Lipinski definition) is 3. The Bertz CT molecular complexity index is 895. The van der Waals surface area contributed by atoms with Gasteiger partial charge in [-0.25, -0.2) is 0 Å². The van der Waals surface area contributed by atoms with Gasteiger partial charge in [-0.3, -0.25) is 4.79 Å². The smallest absolute Gasteiger partial charge is 0.277 e. The second-order valence-corrected chi connectivity index (χ2v) is 10.0. The molecule has 5 rings (SSSR count). The van der Waals surface area contributed by atoms with E-state index in [0.29, 0.717) is 18.5 Å². The quantitative estimate of drug-likeness (QED) is 0.839. The van der Waals surface area contributed by atoms with Gasteiger partial charge in [0.15, 0.2) is 6.54 Å². The van der Waals surface area contributed by atoms with E-state index in [2.05, 4.69) is 53.3 Å². The molecule has 1 N–H and O–H groups in total. The van der Waals surface area contributed by atoms with Crippen LogP contribution in [0.3, 0.4) is 0 Å². The second kappa shape index (κ2) is 7.77. The Labute approximate surface area is 178 Å². The number of aryl methyl sites for hydroxylation is 1. The van der Waals surface area contributed by atoms with Gasteiger partial charge < -0.3 is 14.7 Å². The summed E-state index contributed by atoms with van der Waals surface area (Å²) in [6.07, 6.45) is 3.82. The zero-order valence-electron chi connectivity index (χ0n) is 17.6. The average Bonchev–Trinajstić information content (AvgIpc) is 3.46. The highest BCUT2D eigenvalue weighted by Gasteiger charge is 2.44. The zero-order chi connectivity index (χ0) is 20.0. The molecule has 5 heteroatoms. The highest BCUT2D eigenvalue weighted by Crippen LogP contribution is 2.42. The number of quaternary nitrogens is 1. The number of amides is 1. The second-order valence-electron chi connectivity index (χ2n) is 9.04. The minimum absolute atomic E-state index is 0.352. The minimum atomic E-state index is 0.352. The molecule has 154 valence electrons. The van der Waals surface area contributed by atoms with Gasteiger partial charge in [-0.1, -0.05) is 12.1 Å². The van der Waals surface area contributed by atoms with E-state index < -0.39 is 0 Å². The summed E-state index contributed by atoms with van der Waals surface area (Å²) >= 11 is 1.91. The van der Waals surface area contributed by atoms with Gasteiger partial charge in [0.2, 0.25) is 0 Å². The molecule has 2 aliphatic heterocycles. The number of nitrogens with one attached hydrogen (secondary N) is 1. The fourth-order valence-electron chi connectivity index (χ4n) is 5.28. The molecule has 1 saturated carbocycles. The topological polar surface area (TPSA) is 28.0 Å². The molecule has 1 amide bonds. The summed E-state index contributed by atoms with van der Waals surface area (Å²) in [5.74, 6) is 1.15. The molecule has 0 bridgehead atoms. The maximum Gasteiger partial charge on any atom is 0.277 e. The lowest BCUT2D eigenvalue weighted by Crippen LogP contribution is -3.14. The molecule has 1 aromatic carbocycles. The summed E-state index contributed by atoms with van der Waals surface area (Å²) < 4.78 is 0. The van der Waals surface area contributed by atoms with Crippen LogP contribution in [0.2, 0.25) is 0 Å². The van der Waals surface area contributed by atoms with Gasteiger partial charge in [-0.2, -0.15) is 0 Å². The lowest BCUT2D eigenvalue weighted by molar-refractivity contribution is -0.929. The summed E-state index contributed by atoms with van der Waals surface area (Å²) in [4.78, 5) is 20.8. The van der Waals surface area contributed by atoms with Crippen molar-refractivity contribution < 1.29 is 9.69 Å². The molecule has 3 heterocycles. The molecule has 1 aromatic heterocycles.